The minimum absolute atomic E-state index is 0.198. The molecule has 3 heteroatoms. The van der Waals surface area contributed by atoms with Gasteiger partial charge in [0, 0.05) is 25.2 Å². The largest absolute Gasteiger partial charge is 0.367 e. The van der Waals surface area contributed by atoms with Crippen molar-refractivity contribution in [3.8, 4) is 0 Å². The van der Waals surface area contributed by atoms with Crippen LogP contribution in [0, 0.1) is 6.92 Å². The Kier molecular flexibility index (Phi) is 3.64. The van der Waals surface area contributed by atoms with Gasteiger partial charge in [0.15, 0.2) is 0 Å². The lowest BCUT2D eigenvalue weighted by molar-refractivity contribution is 0.314. The fraction of sp³-hybridized carbons (Fsp3) is 0.571. The Balaban J connectivity index is 2.28. The van der Waals surface area contributed by atoms with Crippen molar-refractivity contribution in [2.75, 3.05) is 24.5 Å². The standard InChI is InChI=1S/C14H21ClN2/c1-4-14(3)10-17(9-8-16-14)13-11(2)6-5-7-12(13)15/h5-7,16H,4,8-10H2,1-3H3. The quantitative estimate of drug-likeness (QED) is 0.870. The van der Waals surface area contributed by atoms with Crippen LogP contribution < -0.4 is 10.2 Å². The number of aryl methyl sites for hydroxylation is 1. The van der Waals surface area contributed by atoms with Crippen LogP contribution in [0.1, 0.15) is 25.8 Å². The Bertz CT molecular complexity index is 385. The van der Waals surface area contributed by atoms with Gasteiger partial charge in [-0.3, -0.25) is 0 Å². The minimum Gasteiger partial charge on any atom is -0.367 e. The lowest BCUT2D eigenvalue weighted by atomic mass is 9.95. The van der Waals surface area contributed by atoms with Crippen LogP contribution in [0.5, 0.6) is 0 Å². The minimum atomic E-state index is 0.198. The average molecular weight is 253 g/mol. The maximum absolute atomic E-state index is 6.34. The van der Waals surface area contributed by atoms with E-state index in [1.807, 2.05) is 12.1 Å². The molecule has 0 radical (unpaired) electrons. The Morgan fingerprint density at radius 3 is 2.88 bits per heavy atom. The van der Waals surface area contributed by atoms with Crippen LogP contribution in [0.3, 0.4) is 0 Å². The molecule has 0 bridgehead atoms. The van der Waals surface area contributed by atoms with Gasteiger partial charge in [-0.1, -0.05) is 30.7 Å². The van der Waals surface area contributed by atoms with Crippen molar-refractivity contribution in [1.29, 1.82) is 0 Å². The number of benzene rings is 1. The molecule has 1 aliphatic heterocycles. The third-order valence-electron chi connectivity index (χ3n) is 3.76. The first-order valence-electron chi connectivity index (χ1n) is 6.31. The zero-order valence-electron chi connectivity index (χ0n) is 10.9. The summed E-state index contributed by atoms with van der Waals surface area (Å²) in [4.78, 5) is 2.41. The third kappa shape index (κ3) is 2.58. The molecule has 2 rings (SSSR count). The monoisotopic (exact) mass is 252 g/mol. The summed E-state index contributed by atoms with van der Waals surface area (Å²) in [6.45, 7) is 9.72. The van der Waals surface area contributed by atoms with Gasteiger partial charge in [-0.2, -0.15) is 0 Å². The summed E-state index contributed by atoms with van der Waals surface area (Å²) < 4.78 is 0. The number of rotatable bonds is 2. The van der Waals surface area contributed by atoms with Gasteiger partial charge in [0.1, 0.15) is 0 Å². The van der Waals surface area contributed by atoms with Crippen molar-refractivity contribution in [2.24, 2.45) is 0 Å². The lowest BCUT2D eigenvalue weighted by Gasteiger charge is -2.43. The summed E-state index contributed by atoms with van der Waals surface area (Å²) >= 11 is 6.34. The number of para-hydroxylation sites is 1. The van der Waals surface area contributed by atoms with Crippen molar-refractivity contribution in [3.63, 3.8) is 0 Å². The Labute approximate surface area is 109 Å². The first kappa shape index (κ1) is 12.7. The highest BCUT2D eigenvalue weighted by Crippen LogP contribution is 2.31. The molecule has 94 valence electrons. The van der Waals surface area contributed by atoms with Gasteiger partial charge in [-0.25, -0.2) is 0 Å². The number of piperazine rings is 1. The van der Waals surface area contributed by atoms with E-state index in [-0.39, 0.29) is 5.54 Å². The first-order valence-corrected chi connectivity index (χ1v) is 6.68. The second kappa shape index (κ2) is 4.87. The fourth-order valence-corrected chi connectivity index (χ4v) is 2.84. The van der Waals surface area contributed by atoms with E-state index in [2.05, 4.69) is 37.1 Å². The van der Waals surface area contributed by atoms with E-state index in [9.17, 15) is 0 Å². The highest BCUT2D eigenvalue weighted by atomic mass is 35.5. The number of nitrogens with one attached hydrogen (secondary N) is 1. The van der Waals surface area contributed by atoms with Crippen LogP contribution in [0.2, 0.25) is 5.02 Å². The molecule has 0 aromatic heterocycles. The van der Waals surface area contributed by atoms with E-state index >= 15 is 0 Å². The van der Waals surface area contributed by atoms with Crippen LogP contribution in [-0.2, 0) is 0 Å². The van der Waals surface area contributed by atoms with Gasteiger partial charge in [0.25, 0.3) is 0 Å². The van der Waals surface area contributed by atoms with Crippen LogP contribution in [0.25, 0.3) is 0 Å². The van der Waals surface area contributed by atoms with Gasteiger partial charge in [-0.15, -0.1) is 0 Å². The van der Waals surface area contributed by atoms with Crippen LogP contribution in [-0.4, -0.2) is 25.2 Å². The van der Waals surface area contributed by atoms with E-state index in [1.54, 1.807) is 0 Å². The molecular weight excluding hydrogens is 232 g/mol. The summed E-state index contributed by atoms with van der Waals surface area (Å²) in [6.07, 6.45) is 1.13. The number of anilines is 1. The second-order valence-corrected chi connectivity index (χ2v) is 5.58. The predicted molar refractivity (Wildman–Crippen MR) is 75.1 cm³/mol. The average Bonchev–Trinajstić information content (AvgIpc) is 2.29. The van der Waals surface area contributed by atoms with Gasteiger partial charge < -0.3 is 10.2 Å². The smallest absolute Gasteiger partial charge is 0.0642 e. The normalized spacial score (nSPS) is 25.1. The van der Waals surface area contributed by atoms with Crippen molar-refractivity contribution in [1.82, 2.24) is 5.32 Å². The van der Waals surface area contributed by atoms with Gasteiger partial charge >= 0.3 is 0 Å². The van der Waals surface area contributed by atoms with Crippen LogP contribution >= 0.6 is 11.6 Å². The van der Waals surface area contributed by atoms with E-state index in [1.165, 1.54) is 11.3 Å². The highest BCUT2D eigenvalue weighted by molar-refractivity contribution is 6.33. The van der Waals surface area contributed by atoms with Crippen LogP contribution in [0.15, 0.2) is 18.2 Å². The summed E-state index contributed by atoms with van der Waals surface area (Å²) in [5, 5.41) is 4.47. The van der Waals surface area contributed by atoms with Gasteiger partial charge in [-0.05, 0) is 31.9 Å². The predicted octanol–water partition coefficient (Wildman–Crippen LogP) is 3.23. The van der Waals surface area contributed by atoms with Crippen molar-refractivity contribution < 1.29 is 0 Å². The molecule has 1 aromatic carbocycles. The lowest BCUT2D eigenvalue weighted by Crippen LogP contribution is -2.58. The number of hydrogen-bond donors (Lipinski definition) is 1. The third-order valence-corrected chi connectivity index (χ3v) is 4.06. The molecule has 1 saturated heterocycles. The molecular formula is C14H21ClN2. The molecule has 1 aliphatic rings. The molecule has 0 aliphatic carbocycles. The summed E-state index contributed by atoms with van der Waals surface area (Å²) in [6, 6.07) is 6.13. The Morgan fingerprint density at radius 1 is 1.47 bits per heavy atom. The molecule has 1 fully saturated rings. The first-order chi connectivity index (χ1) is 8.06. The van der Waals surface area contributed by atoms with Crippen molar-refractivity contribution in [2.45, 2.75) is 32.7 Å². The zero-order valence-corrected chi connectivity index (χ0v) is 11.6. The Hall–Kier alpha value is -0.730. The number of hydrogen-bond acceptors (Lipinski definition) is 2. The molecule has 0 amide bonds. The SMILES string of the molecule is CCC1(C)CN(c2c(C)cccc2Cl)CCN1. The Morgan fingerprint density at radius 2 is 2.24 bits per heavy atom. The molecule has 1 N–H and O–H groups in total. The molecule has 17 heavy (non-hydrogen) atoms. The summed E-state index contributed by atoms with van der Waals surface area (Å²) in [5.74, 6) is 0. The van der Waals surface area contributed by atoms with E-state index in [0.29, 0.717) is 0 Å². The zero-order chi connectivity index (χ0) is 12.5. The van der Waals surface area contributed by atoms with E-state index in [0.717, 1.165) is 31.1 Å². The van der Waals surface area contributed by atoms with Crippen molar-refractivity contribution >= 4 is 17.3 Å². The van der Waals surface area contributed by atoms with Gasteiger partial charge in [0.2, 0.25) is 0 Å². The van der Waals surface area contributed by atoms with E-state index < -0.39 is 0 Å². The molecule has 0 spiro atoms. The van der Waals surface area contributed by atoms with E-state index in [4.69, 9.17) is 11.6 Å². The summed E-state index contributed by atoms with van der Waals surface area (Å²) in [5.41, 5.74) is 2.66. The topological polar surface area (TPSA) is 15.3 Å². The maximum atomic E-state index is 6.34. The molecule has 1 heterocycles. The number of nitrogens with zero attached hydrogens (tertiary/aromatic N) is 1. The summed E-state index contributed by atoms with van der Waals surface area (Å²) in [7, 11) is 0. The maximum Gasteiger partial charge on any atom is 0.0642 e. The molecule has 0 saturated carbocycles. The molecule has 2 nitrogen and oxygen atoms in total. The van der Waals surface area contributed by atoms with Crippen LogP contribution in [0.4, 0.5) is 5.69 Å². The van der Waals surface area contributed by atoms with Gasteiger partial charge in [0.05, 0.1) is 10.7 Å². The highest BCUT2D eigenvalue weighted by Gasteiger charge is 2.29. The van der Waals surface area contributed by atoms with Crippen molar-refractivity contribution in [3.05, 3.63) is 28.8 Å². The molecule has 1 unspecified atom stereocenters. The fourth-order valence-electron chi connectivity index (χ4n) is 2.50. The number of halogens is 1. The second-order valence-electron chi connectivity index (χ2n) is 5.17. The molecule has 1 aromatic rings. The molecule has 1 atom stereocenters.